The molecule has 0 spiro atoms. The van der Waals surface area contributed by atoms with Crippen molar-refractivity contribution in [1.29, 1.82) is 0 Å². The van der Waals surface area contributed by atoms with Gasteiger partial charge in [0.05, 0.1) is 23.1 Å². The summed E-state index contributed by atoms with van der Waals surface area (Å²) in [7, 11) is 0. The number of hydrogen-bond donors (Lipinski definition) is 2. The smallest absolute Gasteiger partial charge is 0.0657 e. The molecule has 2 heterocycles. The monoisotopic (exact) mass is 347 g/mol. The van der Waals surface area contributed by atoms with Gasteiger partial charge >= 0.3 is 0 Å². The summed E-state index contributed by atoms with van der Waals surface area (Å²) in [6, 6.07) is 4.86. The zero-order valence-corrected chi connectivity index (χ0v) is 15.9. The summed E-state index contributed by atoms with van der Waals surface area (Å²) >= 11 is 0. The van der Waals surface area contributed by atoms with E-state index >= 15 is 0 Å². The molecule has 3 rings (SSSR count). The van der Waals surface area contributed by atoms with Crippen LogP contribution in [-0.4, -0.2) is 22.2 Å². The number of H-pyrrole nitrogens is 2. The van der Waals surface area contributed by atoms with Crippen LogP contribution in [0.3, 0.4) is 0 Å². The number of aliphatic imine (C=N–C) groups is 1. The standard InChI is InChI=1S/C20H29N3.ClH/c1-4-16-11-12-18(22-16)20-15(3)14(2)19(23-20)13-21-17-9-7-5-6-8-10-17;/h11-13,17,22-23H,4-10H2,1-3H3;1H. The van der Waals surface area contributed by atoms with Gasteiger partial charge in [-0.2, -0.15) is 0 Å². The first-order chi connectivity index (χ1) is 11.2. The van der Waals surface area contributed by atoms with E-state index in [4.69, 9.17) is 4.99 Å². The molecule has 0 atom stereocenters. The third-order valence-corrected chi connectivity index (χ3v) is 5.24. The van der Waals surface area contributed by atoms with Crippen molar-refractivity contribution in [3.05, 3.63) is 34.6 Å². The summed E-state index contributed by atoms with van der Waals surface area (Å²) in [4.78, 5) is 12.0. The summed E-state index contributed by atoms with van der Waals surface area (Å²) < 4.78 is 0. The van der Waals surface area contributed by atoms with Gasteiger partial charge in [0.15, 0.2) is 0 Å². The van der Waals surface area contributed by atoms with E-state index < -0.39 is 0 Å². The molecule has 0 saturated heterocycles. The van der Waals surface area contributed by atoms with Crippen LogP contribution in [-0.2, 0) is 6.42 Å². The predicted octanol–water partition coefficient (Wildman–Crippen LogP) is 5.75. The minimum Gasteiger partial charge on any atom is -0.357 e. The Kier molecular flexibility index (Phi) is 6.73. The fraction of sp³-hybridized carbons (Fsp3) is 0.550. The lowest BCUT2D eigenvalue weighted by Gasteiger charge is -2.07. The minimum absolute atomic E-state index is 0. The van der Waals surface area contributed by atoms with Gasteiger partial charge in [-0.15, -0.1) is 12.4 Å². The van der Waals surface area contributed by atoms with E-state index in [1.54, 1.807) is 0 Å². The Labute approximate surface area is 151 Å². The minimum atomic E-state index is 0. The second-order valence-electron chi connectivity index (χ2n) is 6.84. The van der Waals surface area contributed by atoms with Crippen LogP contribution in [0.1, 0.15) is 68.0 Å². The Balaban J connectivity index is 0.00000208. The SMILES string of the molecule is CCc1ccc(-c2[nH]c(C=NC3CCCCCC3)c(C)c2C)[nH]1.Cl. The topological polar surface area (TPSA) is 43.9 Å². The molecular formula is C20H30ClN3. The van der Waals surface area contributed by atoms with Crippen molar-refractivity contribution in [3.63, 3.8) is 0 Å². The summed E-state index contributed by atoms with van der Waals surface area (Å²) in [5, 5.41) is 0. The molecule has 0 radical (unpaired) electrons. The van der Waals surface area contributed by atoms with Crippen LogP contribution in [0, 0.1) is 13.8 Å². The van der Waals surface area contributed by atoms with E-state index in [0.29, 0.717) is 6.04 Å². The number of halogens is 1. The zero-order chi connectivity index (χ0) is 16.2. The van der Waals surface area contributed by atoms with Gasteiger partial charge in [0, 0.05) is 11.9 Å². The lowest BCUT2D eigenvalue weighted by Crippen LogP contribution is -2.03. The van der Waals surface area contributed by atoms with Gasteiger partial charge in [0.2, 0.25) is 0 Å². The third-order valence-electron chi connectivity index (χ3n) is 5.24. The van der Waals surface area contributed by atoms with E-state index in [1.807, 2.05) is 0 Å². The largest absolute Gasteiger partial charge is 0.357 e. The normalized spacial score (nSPS) is 16.3. The summed E-state index contributed by atoms with van der Waals surface area (Å²) in [5.41, 5.74) is 7.44. The maximum absolute atomic E-state index is 4.88. The van der Waals surface area contributed by atoms with Gasteiger partial charge in [0.1, 0.15) is 0 Å². The lowest BCUT2D eigenvalue weighted by atomic mass is 10.1. The molecule has 1 aliphatic rings. The summed E-state index contributed by atoms with van der Waals surface area (Å²) in [5.74, 6) is 0. The Morgan fingerprint density at radius 1 is 1.04 bits per heavy atom. The van der Waals surface area contributed by atoms with Crippen molar-refractivity contribution in [2.45, 2.75) is 71.8 Å². The molecular weight excluding hydrogens is 318 g/mol. The Bertz CT molecular complexity index is 673. The molecule has 132 valence electrons. The second-order valence-corrected chi connectivity index (χ2v) is 6.84. The Hall–Kier alpha value is -1.48. The number of aryl methyl sites for hydroxylation is 1. The number of nitrogens with zero attached hydrogens (tertiary/aromatic N) is 1. The molecule has 1 saturated carbocycles. The van der Waals surface area contributed by atoms with E-state index in [2.05, 4.69) is 49.1 Å². The van der Waals surface area contributed by atoms with Crippen LogP contribution < -0.4 is 0 Å². The Morgan fingerprint density at radius 2 is 1.75 bits per heavy atom. The molecule has 1 fully saturated rings. The average molecular weight is 348 g/mol. The average Bonchev–Trinajstić information content (AvgIpc) is 3.03. The first-order valence-corrected chi connectivity index (χ1v) is 9.09. The third kappa shape index (κ3) is 4.13. The maximum Gasteiger partial charge on any atom is 0.0657 e. The van der Waals surface area contributed by atoms with Crippen molar-refractivity contribution in [3.8, 4) is 11.4 Å². The molecule has 2 aromatic rings. The number of rotatable bonds is 4. The molecule has 2 aromatic heterocycles. The number of aromatic amines is 2. The zero-order valence-electron chi connectivity index (χ0n) is 15.1. The van der Waals surface area contributed by atoms with Crippen LogP contribution in [0.4, 0.5) is 0 Å². The summed E-state index contributed by atoms with van der Waals surface area (Å²) in [6.45, 7) is 6.55. The van der Waals surface area contributed by atoms with Crippen LogP contribution in [0.25, 0.3) is 11.4 Å². The fourth-order valence-electron chi connectivity index (χ4n) is 3.49. The molecule has 1 aliphatic carbocycles. The highest BCUT2D eigenvalue weighted by Crippen LogP contribution is 2.26. The van der Waals surface area contributed by atoms with Gasteiger partial charge in [-0.1, -0.05) is 32.6 Å². The van der Waals surface area contributed by atoms with E-state index in [0.717, 1.165) is 12.1 Å². The lowest BCUT2D eigenvalue weighted by molar-refractivity contribution is 0.588. The quantitative estimate of drug-likeness (QED) is 0.522. The molecule has 0 aliphatic heterocycles. The van der Waals surface area contributed by atoms with E-state index in [-0.39, 0.29) is 12.4 Å². The first-order valence-electron chi connectivity index (χ1n) is 9.09. The number of aromatic nitrogens is 2. The van der Waals surface area contributed by atoms with Gasteiger partial charge in [-0.3, -0.25) is 4.99 Å². The molecule has 0 bridgehead atoms. The number of hydrogen-bond acceptors (Lipinski definition) is 1. The van der Waals surface area contributed by atoms with Crippen molar-refractivity contribution in [2.24, 2.45) is 4.99 Å². The highest BCUT2D eigenvalue weighted by molar-refractivity contribution is 5.85. The van der Waals surface area contributed by atoms with Crippen molar-refractivity contribution in [2.75, 3.05) is 0 Å². The van der Waals surface area contributed by atoms with Crippen molar-refractivity contribution >= 4 is 18.6 Å². The van der Waals surface area contributed by atoms with Crippen LogP contribution in [0.15, 0.2) is 17.1 Å². The second kappa shape index (κ2) is 8.57. The first kappa shape index (κ1) is 18.9. The number of nitrogens with one attached hydrogen (secondary N) is 2. The molecule has 0 unspecified atom stereocenters. The summed E-state index contributed by atoms with van der Waals surface area (Å²) in [6.07, 6.45) is 11.0. The van der Waals surface area contributed by atoms with E-state index in [1.165, 1.54) is 66.7 Å². The highest BCUT2D eigenvalue weighted by Gasteiger charge is 2.14. The van der Waals surface area contributed by atoms with Gasteiger partial charge in [-0.25, -0.2) is 0 Å². The van der Waals surface area contributed by atoms with E-state index in [9.17, 15) is 0 Å². The molecule has 4 heteroatoms. The van der Waals surface area contributed by atoms with Gasteiger partial charge < -0.3 is 9.97 Å². The van der Waals surface area contributed by atoms with Gasteiger partial charge in [0.25, 0.3) is 0 Å². The molecule has 0 amide bonds. The molecule has 24 heavy (non-hydrogen) atoms. The van der Waals surface area contributed by atoms with Crippen LogP contribution in [0.2, 0.25) is 0 Å². The van der Waals surface area contributed by atoms with Crippen LogP contribution in [0.5, 0.6) is 0 Å². The van der Waals surface area contributed by atoms with Gasteiger partial charge in [-0.05, 0) is 56.4 Å². The Morgan fingerprint density at radius 3 is 2.38 bits per heavy atom. The maximum atomic E-state index is 4.88. The predicted molar refractivity (Wildman–Crippen MR) is 106 cm³/mol. The van der Waals surface area contributed by atoms with Crippen LogP contribution >= 0.6 is 12.4 Å². The highest BCUT2D eigenvalue weighted by atomic mass is 35.5. The molecule has 0 aromatic carbocycles. The molecule has 2 N–H and O–H groups in total. The molecule has 3 nitrogen and oxygen atoms in total. The fourth-order valence-corrected chi connectivity index (χ4v) is 3.49. The van der Waals surface area contributed by atoms with Crippen molar-refractivity contribution < 1.29 is 0 Å². The van der Waals surface area contributed by atoms with Crippen molar-refractivity contribution in [1.82, 2.24) is 9.97 Å².